The fourth-order valence-corrected chi connectivity index (χ4v) is 4.29. The third kappa shape index (κ3) is 5.26. The molecule has 0 spiro atoms. The second kappa shape index (κ2) is 9.00. The molecule has 0 saturated carbocycles. The molecule has 0 radical (unpaired) electrons. The van der Waals surface area contributed by atoms with Crippen molar-refractivity contribution in [1.29, 1.82) is 0 Å². The van der Waals surface area contributed by atoms with Gasteiger partial charge in [0.2, 0.25) is 11.8 Å². The highest BCUT2D eigenvalue weighted by molar-refractivity contribution is 7.93. The van der Waals surface area contributed by atoms with E-state index in [9.17, 15) is 18.0 Å². The summed E-state index contributed by atoms with van der Waals surface area (Å²) in [7, 11) is -3.90. The Balaban J connectivity index is 1.88. The summed E-state index contributed by atoms with van der Waals surface area (Å²) in [5.74, 6) is -0.282. The molecule has 3 rings (SSSR count). The molecule has 0 aliphatic heterocycles. The van der Waals surface area contributed by atoms with Gasteiger partial charge in [0, 0.05) is 39.7 Å². The molecule has 7 nitrogen and oxygen atoms in total. The Hall–Kier alpha value is -3.39. The predicted molar refractivity (Wildman–Crippen MR) is 128 cm³/mol. The summed E-state index contributed by atoms with van der Waals surface area (Å²) in [6, 6.07) is 16.6. The molecule has 0 saturated heterocycles. The number of benzene rings is 3. The molecule has 2 amide bonds. The van der Waals surface area contributed by atoms with Crippen LogP contribution in [0.1, 0.15) is 34.1 Å². The summed E-state index contributed by atoms with van der Waals surface area (Å²) in [5.41, 5.74) is 0.968. The standard InChI is InChI=1S/C24H27N3O4S/c1-5-22(28)26-20-10-6-9-19-18(20)8-7-11-21(19)32(30,31)27-17-14-12-16(13-15-17)25-23(29)24(2,3)4/h6-15,27H,5H2,1-4H3,(H,25,29)(H,26,28). The maximum absolute atomic E-state index is 13.1. The zero-order chi connectivity index (χ0) is 23.5. The third-order valence-electron chi connectivity index (χ3n) is 4.84. The van der Waals surface area contributed by atoms with Crippen molar-refractivity contribution in [2.24, 2.45) is 5.41 Å². The van der Waals surface area contributed by atoms with Gasteiger partial charge in [0.05, 0.1) is 4.90 Å². The predicted octanol–water partition coefficient (Wildman–Crippen LogP) is 4.97. The first-order valence-corrected chi connectivity index (χ1v) is 11.8. The van der Waals surface area contributed by atoms with Crippen molar-refractivity contribution in [2.45, 2.75) is 39.0 Å². The number of carbonyl (C=O) groups is 2. The lowest BCUT2D eigenvalue weighted by Crippen LogP contribution is -2.27. The van der Waals surface area contributed by atoms with Gasteiger partial charge in [-0.2, -0.15) is 0 Å². The van der Waals surface area contributed by atoms with E-state index in [1.807, 2.05) is 20.8 Å². The Morgan fingerprint density at radius 1 is 0.812 bits per heavy atom. The van der Waals surface area contributed by atoms with Gasteiger partial charge in [0.15, 0.2) is 0 Å². The minimum absolute atomic E-state index is 0.104. The average Bonchev–Trinajstić information content (AvgIpc) is 2.74. The summed E-state index contributed by atoms with van der Waals surface area (Å²) >= 11 is 0. The first-order chi connectivity index (χ1) is 15.0. The van der Waals surface area contributed by atoms with E-state index in [1.165, 1.54) is 6.07 Å². The van der Waals surface area contributed by atoms with E-state index in [-0.39, 0.29) is 16.7 Å². The Labute approximate surface area is 188 Å². The van der Waals surface area contributed by atoms with Crippen LogP contribution in [0.25, 0.3) is 10.8 Å². The average molecular weight is 454 g/mol. The number of hydrogen-bond acceptors (Lipinski definition) is 4. The maximum atomic E-state index is 13.1. The topological polar surface area (TPSA) is 104 Å². The Kier molecular flexibility index (Phi) is 6.55. The number of carbonyl (C=O) groups excluding carboxylic acids is 2. The molecule has 0 unspecified atom stereocenters. The molecule has 0 aromatic heterocycles. The zero-order valence-electron chi connectivity index (χ0n) is 18.5. The molecule has 0 aliphatic rings. The van der Waals surface area contributed by atoms with Crippen LogP contribution in [0.15, 0.2) is 65.6 Å². The summed E-state index contributed by atoms with van der Waals surface area (Å²) in [6.45, 7) is 7.19. The number of amides is 2. The summed E-state index contributed by atoms with van der Waals surface area (Å²) in [6.07, 6.45) is 0.322. The minimum Gasteiger partial charge on any atom is -0.326 e. The second-order valence-electron chi connectivity index (χ2n) is 8.45. The van der Waals surface area contributed by atoms with Gasteiger partial charge in [-0.15, -0.1) is 0 Å². The first kappa shape index (κ1) is 23.3. The zero-order valence-corrected chi connectivity index (χ0v) is 19.3. The fraction of sp³-hybridized carbons (Fsp3) is 0.250. The highest BCUT2D eigenvalue weighted by Crippen LogP contribution is 2.30. The Morgan fingerprint density at radius 3 is 2.03 bits per heavy atom. The van der Waals surface area contributed by atoms with Gasteiger partial charge in [-0.1, -0.05) is 52.0 Å². The van der Waals surface area contributed by atoms with Gasteiger partial charge in [-0.25, -0.2) is 8.42 Å². The minimum atomic E-state index is -3.90. The SMILES string of the molecule is CCC(=O)Nc1cccc2c(S(=O)(=O)Nc3ccc(NC(=O)C(C)(C)C)cc3)cccc12. The normalized spacial score (nSPS) is 11.8. The van der Waals surface area contributed by atoms with Crippen LogP contribution in [-0.2, 0) is 19.6 Å². The summed E-state index contributed by atoms with van der Waals surface area (Å²) < 4.78 is 28.8. The van der Waals surface area contributed by atoms with Crippen LogP contribution in [0.3, 0.4) is 0 Å². The highest BCUT2D eigenvalue weighted by Gasteiger charge is 2.22. The molecule has 3 aromatic carbocycles. The van der Waals surface area contributed by atoms with Gasteiger partial charge < -0.3 is 10.6 Å². The van der Waals surface area contributed by atoms with Crippen molar-refractivity contribution >= 4 is 49.7 Å². The number of fused-ring (bicyclic) bond motifs is 1. The van der Waals surface area contributed by atoms with E-state index in [0.717, 1.165) is 0 Å². The van der Waals surface area contributed by atoms with Crippen LogP contribution in [0.4, 0.5) is 17.1 Å². The number of anilines is 3. The van der Waals surface area contributed by atoms with Crippen molar-refractivity contribution in [3.8, 4) is 0 Å². The van der Waals surface area contributed by atoms with E-state index in [0.29, 0.717) is 34.3 Å². The lowest BCUT2D eigenvalue weighted by atomic mass is 9.95. The number of hydrogen-bond donors (Lipinski definition) is 3. The molecule has 0 atom stereocenters. The Bertz CT molecular complexity index is 1260. The largest absolute Gasteiger partial charge is 0.326 e. The summed E-state index contributed by atoms with van der Waals surface area (Å²) in [5, 5.41) is 6.75. The highest BCUT2D eigenvalue weighted by atomic mass is 32.2. The quantitative estimate of drug-likeness (QED) is 0.490. The number of nitrogens with one attached hydrogen (secondary N) is 3. The number of sulfonamides is 1. The lowest BCUT2D eigenvalue weighted by molar-refractivity contribution is -0.123. The van der Waals surface area contributed by atoms with Crippen molar-refractivity contribution in [1.82, 2.24) is 0 Å². The van der Waals surface area contributed by atoms with E-state index >= 15 is 0 Å². The summed E-state index contributed by atoms with van der Waals surface area (Å²) in [4.78, 5) is 24.1. The van der Waals surface area contributed by atoms with Crippen LogP contribution < -0.4 is 15.4 Å². The fourth-order valence-electron chi connectivity index (χ4n) is 3.01. The molecule has 32 heavy (non-hydrogen) atoms. The van der Waals surface area contributed by atoms with Crippen molar-refractivity contribution in [3.05, 3.63) is 60.7 Å². The van der Waals surface area contributed by atoms with Crippen LogP contribution in [-0.4, -0.2) is 20.2 Å². The molecular weight excluding hydrogens is 426 g/mol. The van der Waals surface area contributed by atoms with Crippen LogP contribution >= 0.6 is 0 Å². The molecule has 0 fully saturated rings. The lowest BCUT2D eigenvalue weighted by Gasteiger charge is -2.18. The smallest absolute Gasteiger partial charge is 0.262 e. The monoisotopic (exact) mass is 453 g/mol. The molecular formula is C24H27N3O4S. The molecule has 0 heterocycles. The van der Waals surface area contributed by atoms with Crippen molar-refractivity contribution < 1.29 is 18.0 Å². The van der Waals surface area contributed by atoms with Crippen LogP contribution in [0.2, 0.25) is 0 Å². The third-order valence-corrected chi connectivity index (χ3v) is 6.28. The van der Waals surface area contributed by atoms with E-state index in [4.69, 9.17) is 0 Å². The van der Waals surface area contributed by atoms with Gasteiger partial charge in [0.1, 0.15) is 0 Å². The second-order valence-corrected chi connectivity index (χ2v) is 10.1. The van der Waals surface area contributed by atoms with Gasteiger partial charge in [-0.05, 0) is 36.4 Å². The molecule has 3 aromatic rings. The van der Waals surface area contributed by atoms with Gasteiger partial charge >= 0.3 is 0 Å². The molecule has 0 bridgehead atoms. The van der Waals surface area contributed by atoms with Gasteiger partial charge in [-0.3, -0.25) is 14.3 Å². The molecule has 3 N–H and O–H groups in total. The molecule has 8 heteroatoms. The first-order valence-electron chi connectivity index (χ1n) is 10.3. The Morgan fingerprint density at radius 2 is 1.41 bits per heavy atom. The van der Waals surface area contributed by atoms with E-state index in [2.05, 4.69) is 15.4 Å². The molecule has 0 aliphatic carbocycles. The van der Waals surface area contributed by atoms with Crippen molar-refractivity contribution in [2.75, 3.05) is 15.4 Å². The van der Waals surface area contributed by atoms with Gasteiger partial charge in [0.25, 0.3) is 10.0 Å². The van der Waals surface area contributed by atoms with Crippen LogP contribution in [0.5, 0.6) is 0 Å². The molecule has 168 valence electrons. The number of rotatable bonds is 6. The van der Waals surface area contributed by atoms with Crippen molar-refractivity contribution in [3.63, 3.8) is 0 Å². The van der Waals surface area contributed by atoms with E-state index in [1.54, 1.807) is 61.5 Å². The maximum Gasteiger partial charge on any atom is 0.262 e. The van der Waals surface area contributed by atoms with E-state index < -0.39 is 15.4 Å². The van der Waals surface area contributed by atoms with Crippen LogP contribution in [0, 0.1) is 5.41 Å².